The number of carboxylic acid groups (broad SMARTS) is 1. The van der Waals surface area contributed by atoms with E-state index >= 15 is 0 Å². The Morgan fingerprint density at radius 3 is 1.86 bits per heavy atom. The molecule has 0 radical (unpaired) electrons. The lowest BCUT2D eigenvalue weighted by Gasteiger charge is -2.35. The summed E-state index contributed by atoms with van der Waals surface area (Å²) in [6, 6.07) is 0. The summed E-state index contributed by atoms with van der Waals surface area (Å²) >= 11 is 0. The van der Waals surface area contributed by atoms with Crippen LogP contribution in [-0.4, -0.2) is 28.9 Å². The fourth-order valence-corrected chi connectivity index (χ4v) is 0.762. The van der Waals surface area contributed by atoms with Crippen molar-refractivity contribution in [2.45, 2.75) is 27.7 Å². The van der Waals surface area contributed by atoms with Crippen molar-refractivity contribution in [3.05, 3.63) is 0 Å². The molecule has 0 saturated carbocycles. The standard InChI is InChI=1S/C9H16O5/c1-8(2,6(11)12)9(3,4)7(13)14-5-10/h10H,5H2,1-4H3,(H,11,12). The summed E-state index contributed by atoms with van der Waals surface area (Å²) in [5.41, 5.74) is -2.44. The van der Waals surface area contributed by atoms with E-state index in [1.807, 2.05) is 0 Å². The summed E-state index contributed by atoms with van der Waals surface area (Å²) in [6.07, 6.45) is 0. The van der Waals surface area contributed by atoms with Crippen LogP contribution in [0.25, 0.3) is 0 Å². The molecule has 0 heterocycles. The highest BCUT2D eigenvalue weighted by molar-refractivity contribution is 5.86. The number of aliphatic hydroxyl groups excluding tert-OH is 1. The van der Waals surface area contributed by atoms with Crippen molar-refractivity contribution in [3.63, 3.8) is 0 Å². The molecule has 0 aliphatic carbocycles. The summed E-state index contributed by atoms with van der Waals surface area (Å²) in [7, 11) is 0. The van der Waals surface area contributed by atoms with Gasteiger partial charge < -0.3 is 14.9 Å². The first-order valence-corrected chi connectivity index (χ1v) is 4.19. The molecule has 5 nitrogen and oxygen atoms in total. The summed E-state index contributed by atoms with van der Waals surface area (Å²) in [4.78, 5) is 22.3. The molecule has 0 spiro atoms. The van der Waals surface area contributed by atoms with E-state index in [0.717, 1.165) is 0 Å². The number of carbonyl (C=O) groups excluding carboxylic acids is 1. The molecule has 0 fully saturated rings. The maximum atomic E-state index is 11.4. The fourth-order valence-electron chi connectivity index (χ4n) is 0.762. The van der Waals surface area contributed by atoms with Crippen LogP contribution in [0.4, 0.5) is 0 Å². The summed E-state index contributed by atoms with van der Waals surface area (Å²) in [5.74, 6) is -1.82. The third-order valence-electron chi connectivity index (χ3n) is 2.80. The molecule has 14 heavy (non-hydrogen) atoms. The van der Waals surface area contributed by atoms with Crippen molar-refractivity contribution in [3.8, 4) is 0 Å². The van der Waals surface area contributed by atoms with E-state index in [2.05, 4.69) is 4.74 Å². The Balaban J connectivity index is 4.94. The number of esters is 1. The summed E-state index contributed by atoms with van der Waals surface area (Å²) < 4.78 is 4.40. The highest BCUT2D eigenvalue weighted by Crippen LogP contribution is 2.39. The molecular weight excluding hydrogens is 188 g/mol. The molecule has 0 unspecified atom stereocenters. The number of aliphatic carboxylic acids is 1. The van der Waals surface area contributed by atoms with E-state index in [1.54, 1.807) is 0 Å². The molecule has 5 heteroatoms. The highest BCUT2D eigenvalue weighted by atomic mass is 16.6. The van der Waals surface area contributed by atoms with E-state index in [9.17, 15) is 9.59 Å². The Morgan fingerprint density at radius 1 is 1.14 bits per heavy atom. The second kappa shape index (κ2) is 3.96. The van der Waals surface area contributed by atoms with Crippen LogP contribution in [0.5, 0.6) is 0 Å². The zero-order valence-electron chi connectivity index (χ0n) is 8.83. The van der Waals surface area contributed by atoms with Gasteiger partial charge in [0.05, 0.1) is 10.8 Å². The quantitative estimate of drug-likeness (QED) is 0.518. The van der Waals surface area contributed by atoms with Gasteiger partial charge in [0.2, 0.25) is 0 Å². The zero-order chi connectivity index (χ0) is 11.6. The molecule has 0 atom stereocenters. The molecule has 82 valence electrons. The van der Waals surface area contributed by atoms with E-state index in [0.29, 0.717) is 0 Å². The minimum atomic E-state index is -1.25. The zero-order valence-corrected chi connectivity index (χ0v) is 8.83. The van der Waals surface area contributed by atoms with Crippen LogP contribution in [0.1, 0.15) is 27.7 Å². The average molecular weight is 204 g/mol. The van der Waals surface area contributed by atoms with Crippen molar-refractivity contribution in [1.82, 2.24) is 0 Å². The maximum Gasteiger partial charge on any atom is 0.314 e. The number of carbonyl (C=O) groups is 2. The van der Waals surface area contributed by atoms with Crippen LogP contribution in [0, 0.1) is 10.8 Å². The van der Waals surface area contributed by atoms with Crippen LogP contribution in [0.3, 0.4) is 0 Å². The summed E-state index contributed by atoms with van der Waals surface area (Å²) in [5, 5.41) is 17.3. The van der Waals surface area contributed by atoms with Crippen molar-refractivity contribution in [1.29, 1.82) is 0 Å². The average Bonchev–Trinajstić information content (AvgIpc) is 2.04. The smallest absolute Gasteiger partial charge is 0.314 e. The third-order valence-corrected chi connectivity index (χ3v) is 2.80. The van der Waals surface area contributed by atoms with Gasteiger partial charge >= 0.3 is 11.9 Å². The predicted octanol–water partition coefficient (Wildman–Crippen LogP) is 0.616. The second-order valence-electron chi connectivity index (χ2n) is 4.12. The molecule has 0 aliphatic rings. The molecule has 0 bridgehead atoms. The van der Waals surface area contributed by atoms with Gasteiger partial charge in [-0.1, -0.05) is 0 Å². The van der Waals surface area contributed by atoms with Crippen LogP contribution in [-0.2, 0) is 14.3 Å². The number of aliphatic hydroxyl groups is 1. The Bertz CT molecular complexity index is 242. The van der Waals surface area contributed by atoms with Crippen LogP contribution in [0.15, 0.2) is 0 Å². The molecule has 0 aromatic rings. The van der Waals surface area contributed by atoms with Gasteiger partial charge in [0.15, 0.2) is 6.79 Å². The number of rotatable bonds is 4. The van der Waals surface area contributed by atoms with Crippen LogP contribution < -0.4 is 0 Å². The van der Waals surface area contributed by atoms with Crippen LogP contribution >= 0.6 is 0 Å². The van der Waals surface area contributed by atoms with E-state index < -0.39 is 29.6 Å². The Kier molecular flexibility index (Phi) is 3.65. The number of hydrogen-bond acceptors (Lipinski definition) is 4. The lowest BCUT2D eigenvalue weighted by atomic mass is 9.68. The first-order chi connectivity index (χ1) is 6.17. The topological polar surface area (TPSA) is 83.8 Å². The minimum absolute atomic E-state index is 0.729. The van der Waals surface area contributed by atoms with Gasteiger partial charge in [-0.05, 0) is 27.7 Å². The third kappa shape index (κ3) is 2.04. The lowest BCUT2D eigenvalue weighted by Crippen LogP contribution is -2.45. The molecule has 0 aromatic carbocycles. The van der Waals surface area contributed by atoms with Gasteiger partial charge in [-0.3, -0.25) is 9.59 Å². The van der Waals surface area contributed by atoms with Gasteiger partial charge in [-0.2, -0.15) is 0 Å². The Morgan fingerprint density at radius 2 is 1.57 bits per heavy atom. The van der Waals surface area contributed by atoms with Gasteiger partial charge in [0.1, 0.15) is 0 Å². The number of hydrogen-bond donors (Lipinski definition) is 2. The van der Waals surface area contributed by atoms with Crippen molar-refractivity contribution >= 4 is 11.9 Å². The predicted molar refractivity (Wildman–Crippen MR) is 48.4 cm³/mol. The minimum Gasteiger partial charge on any atom is -0.481 e. The molecular formula is C9H16O5. The first-order valence-electron chi connectivity index (χ1n) is 4.19. The van der Waals surface area contributed by atoms with Gasteiger partial charge in [-0.25, -0.2) is 0 Å². The van der Waals surface area contributed by atoms with Crippen molar-refractivity contribution in [2.24, 2.45) is 10.8 Å². The van der Waals surface area contributed by atoms with E-state index in [4.69, 9.17) is 10.2 Å². The number of carboxylic acids is 1. The second-order valence-corrected chi connectivity index (χ2v) is 4.12. The molecule has 0 saturated heterocycles. The largest absolute Gasteiger partial charge is 0.481 e. The van der Waals surface area contributed by atoms with E-state index in [-0.39, 0.29) is 0 Å². The van der Waals surface area contributed by atoms with E-state index in [1.165, 1.54) is 27.7 Å². The molecule has 0 aliphatic heterocycles. The molecule has 0 rings (SSSR count). The van der Waals surface area contributed by atoms with Gasteiger partial charge in [0.25, 0.3) is 0 Å². The van der Waals surface area contributed by atoms with Crippen molar-refractivity contribution in [2.75, 3.05) is 6.79 Å². The summed E-state index contributed by atoms with van der Waals surface area (Å²) in [6.45, 7) is 5.08. The molecule has 0 aromatic heterocycles. The fraction of sp³-hybridized carbons (Fsp3) is 0.778. The Labute approximate surface area is 82.7 Å². The lowest BCUT2D eigenvalue weighted by molar-refractivity contribution is -0.177. The van der Waals surface area contributed by atoms with Gasteiger partial charge in [-0.15, -0.1) is 0 Å². The first kappa shape index (κ1) is 12.9. The Hall–Kier alpha value is -1.10. The van der Waals surface area contributed by atoms with Crippen molar-refractivity contribution < 1.29 is 24.5 Å². The monoisotopic (exact) mass is 204 g/mol. The van der Waals surface area contributed by atoms with Crippen LogP contribution in [0.2, 0.25) is 0 Å². The maximum absolute atomic E-state index is 11.4. The molecule has 0 amide bonds. The highest BCUT2D eigenvalue weighted by Gasteiger charge is 2.49. The van der Waals surface area contributed by atoms with Gasteiger partial charge in [0, 0.05) is 0 Å². The SMILES string of the molecule is CC(C)(C(=O)O)C(C)(C)C(=O)OCO. The normalized spacial score (nSPS) is 12.4. The molecule has 2 N–H and O–H groups in total. The number of ether oxygens (including phenoxy) is 1.